The molecule has 0 heterocycles. The van der Waals surface area contributed by atoms with Crippen LogP contribution in [0.5, 0.6) is 23.0 Å². The van der Waals surface area contributed by atoms with Crippen LogP contribution in [0.15, 0.2) is 75.7 Å². The molecule has 0 aromatic heterocycles. The molecule has 0 aliphatic heterocycles. The summed E-state index contributed by atoms with van der Waals surface area (Å²) in [7, 11) is 1.66. The molecule has 7 heteroatoms. The molecule has 4 rings (SSSR count). The number of carboxylic acid groups (broad SMARTS) is 1. The second-order valence-electron chi connectivity index (χ2n) is 10.2. The first-order valence-corrected chi connectivity index (χ1v) is 14.5. The first-order valence-electron chi connectivity index (χ1n) is 12.9. The second-order valence-corrected chi connectivity index (χ2v) is 11.9. The third kappa shape index (κ3) is 6.37. The maximum atomic E-state index is 11.3. The normalized spacial score (nSPS) is 11.9. The maximum Gasteiger partial charge on any atom is 0.307 e. The molecule has 0 saturated carbocycles. The highest BCUT2D eigenvalue weighted by atomic mass is 79.9. The first kappa shape index (κ1) is 29.7. The van der Waals surface area contributed by atoms with Gasteiger partial charge in [-0.25, -0.2) is 0 Å². The smallest absolute Gasteiger partial charge is 0.307 e. The molecular weight excluding hydrogens is 636 g/mol. The van der Waals surface area contributed by atoms with Gasteiger partial charge >= 0.3 is 5.97 Å². The number of methoxy groups -OCH3 is 1. The predicted octanol–water partition coefficient (Wildman–Crippen LogP) is 9.27. The van der Waals surface area contributed by atoms with Gasteiger partial charge in [-0.15, -0.1) is 0 Å². The number of carbonyl (C=O) groups is 1. The quantitative estimate of drug-likeness (QED) is 0.174. The monoisotopic (exact) mass is 666 g/mol. The lowest BCUT2D eigenvalue weighted by Gasteiger charge is -2.26. The summed E-state index contributed by atoms with van der Waals surface area (Å²) in [5.41, 5.74) is 6.07. The van der Waals surface area contributed by atoms with Gasteiger partial charge in [0.1, 0.15) is 17.2 Å². The fourth-order valence-electron chi connectivity index (χ4n) is 4.92. The van der Waals surface area contributed by atoms with Crippen molar-refractivity contribution in [3.8, 4) is 23.0 Å². The molecule has 0 radical (unpaired) electrons. The van der Waals surface area contributed by atoms with Crippen molar-refractivity contribution in [3.63, 3.8) is 0 Å². The number of carboxylic acids is 1. The van der Waals surface area contributed by atoms with E-state index in [0.29, 0.717) is 26.0 Å². The Morgan fingerprint density at radius 3 is 2.12 bits per heavy atom. The molecule has 0 spiro atoms. The Morgan fingerprint density at radius 1 is 0.875 bits per heavy atom. The first-order chi connectivity index (χ1) is 19.0. The number of phenolic OH excluding ortho intramolecular Hbond substituents is 1. The molecule has 1 unspecified atom stereocenters. The van der Waals surface area contributed by atoms with Gasteiger partial charge in [-0.1, -0.05) is 61.9 Å². The van der Waals surface area contributed by atoms with Gasteiger partial charge in [-0.3, -0.25) is 4.79 Å². The maximum absolute atomic E-state index is 11.3. The van der Waals surface area contributed by atoms with Crippen molar-refractivity contribution in [1.82, 2.24) is 0 Å². The van der Waals surface area contributed by atoms with Crippen molar-refractivity contribution in [2.45, 2.75) is 46.0 Å². The number of benzene rings is 4. The van der Waals surface area contributed by atoms with Crippen LogP contribution in [0.4, 0.5) is 0 Å². The Hall–Kier alpha value is -3.29. The van der Waals surface area contributed by atoms with E-state index in [2.05, 4.69) is 57.8 Å². The van der Waals surface area contributed by atoms with Gasteiger partial charge in [0.05, 0.1) is 22.5 Å². The van der Waals surface area contributed by atoms with Crippen LogP contribution in [0.3, 0.4) is 0 Å². The number of rotatable bonds is 9. The topological polar surface area (TPSA) is 76.0 Å². The molecule has 0 fully saturated rings. The number of para-hydroxylation sites is 1. The van der Waals surface area contributed by atoms with E-state index >= 15 is 0 Å². The zero-order valence-electron chi connectivity index (χ0n) is 23.1. The van der Waals surface area contributed by atoms with E-state index in [9.17, 15) is 15.0 Å². The summed E-state index contributed by atoms with van der Waals surface area (Å²) in [6.45, 7) is 8.12. The summed E-state index contributed by atoms with van der Waals surface area (Å²) in [6, 6.07) is 21.5. The largest absolute Gasteiger partial charge is 0.507 e. The molecule has 5 nitrogen and oxygen atoms in total. The van der Waals surface area contributed by atoms with E-state index in [1.807, 2.05) is 56.3 Å². The van der Waals surface area contributed by atoms with Crippen LogP contribution in [-0.2, 0) is 11.2 Å². The summed E-state index contributed by atoms with van der Waals surface area (Å²) in [6.07, 6.45) is -0.106. The fourth-order valence-corrected chi connectivity index (χ4v) is 6.36. The molecular formula is C33H32Br2O5. The SMILES string of the molecule is COc1cc(C(c2cccc(C)c2)c2cccc(C)c2O)c(Oc2c(Br)cc(CC(=O)O)cc2Br)cc1C(C)C. The minimum atomic E-state index is -0.912. The van der Waals surface area contributed by atoms with Crippen LogP contribution in [0.2, 0.25) is 0 Å². The lowest BCUT2D eigenvalue weighted by Crippen LogP contribution is -2.09. The molecule has 0 aliphatic carbocycles. The van der Waals surface area contributed by atoms with E-state index < -0.39 is 5.97 Å². The van der Waals surface area contributed by atoms with Crippen LogP contribution in [0.25, 0.3) is 0 Å². The summed E-state index contributed by atoms with van der Waals surface area (Å²) >= 11 is 7.18. The number of hydrogen-bond acceptors (Lipinski definition) is 4. The number of halogens is 2. The van der Waals surface area contributed by atoms with Crippen molar-refractivity contribution in [2.75, 3.05) is 7.11 Å². The van der Waals surface area contributed by atoms with E-state index in [1.165, 1.54) is 0 Å². The van der Waals surface area contributed by atoms with Gasteiger partial charge in [-0.05, 0) is 92.6 Å². The number of phenols is 1. The zero-order chi connectivity index (χ0) is 29.1. The second kappa shape index (κ2) is 12.5. The van der Waals surface area contributed by atoms with E-state index in [0.717, 1.165) is 39.1 Å². The highest BCUT2D eigenvalue weighted by molar-refractivity contribution is 9.11. The summed E-state index contributed by atoms with van der Waals surface area (Å²) in [4.78, 5) is 11.3. The Labute approximate surface area is 252 Å². The molecule has 4 aromatic carbocycles. The van der Waals surface area contributed by atoms with Crippen LogP contribution in [0.1, 0.15) is 64.6 Å². The lowest BCUT2D eigenvalue weighted by molar-refractivity contribution is -0.136. The molecule has 0 saturated heterocycles. The third-order valence-corrected chi connectivity index (χ3v) is 8.05. The number of hydrogen-bond donors (Lipinski definition) is 2. The Bertz CT molecular complexity index is 1540. The molecule has 1 atom stereocenters. The average molecular weight is 668 g/mol. The summed E-state index contributed by atoms with van der Waals surface area (Å²) in [5, 5.41) is 20.5. The summed E-state index contributed by atoms with van der Waals surface area (Å²) < 4.78 is 13.8. The molecule has 40 heavy (non-hydrogen) atoms. The summed E-state index contributed by atoms with van der Waals surface area (Å²) in [5.74, 6) is 0.959. The number of aryl methyl sites for hydroxylation is 2. The van der Waals surface area contributed by atoms with Gasteiger partial charge in [0, 0.05) is 22.6 Å². The van der Waals surface area contributed by atoms with Crippen LogP contribution >= 0.6 is 31.9 Å². The van der Waals surface area contributed by atoms with Crippen molar-refractivity contribution in [3.05, 3.63) is 115 Å². The van der Waals surface area contributed by atoms with Crippen LogP contribution in [-0.4, -0.2) is 23.3 Å². The Balaban J connectivity index is 2.00. The highest BCUT2D eigenvalue weighted by Crippen LogP contribution is 2.48. The van der Waals surface area contributed by atoms with E-state index in [-0.39, 0.29) is 24.0 Å². The standard InChI is InChI=1S/C33H32Br2O5/c1-18(2)24-16-29(40-33-26(34)13-21(14-27(33)35)15-30(36)37)25(17-28(24)39-5)31(22-10-6-8-19(3)12-22)23-11-7-9-20(4)32(23)38/h6-14,16-18,31,38H,15H2,1-5H3,(H,36,37). The fraction of sp³-hybridized carbons (Fsp3) is 0.242. The Morgan fingerprint density at radius 2 is 1.52 bits per heavy atom. The van der Waals surface area contributed by atoms with Gasteiger partial charge in [0.25, 0.3) is 0 Å². The van der Waals surface area contributed by atoms with Crippen molar-refractivity contribution in [2.24, 2.45) is 0 Å². The molecule has 208 valence electrons. The average Bonchev–Trinajstić information content (AvgIpc) is 2.88. The zero-order valence-corrected chi connectivity index (χ0v) is 26.3. The minimum Gasteiger partial charge on any atom is -0.507 e. The molecule has 0 bridgehead atoms. The van der Waals surface area contributed by atoms with Crippen LogP contribution in [0, 0.1) is 13.8 Å². The van der Waals surface area contributed by atoms with Gasteiger partial charge < -0.3 is 19.7 Å². The number of aliphatic carboxylic acids is 1. The molecule has 0 aliphatic rings. The molecule has 0 amide bonds. The minimum absolute atomic E-state index is 0.106. The van der Waals surface area contributed by atoms with Crippen LogP contribution < -0.4 is 9.47 Å². The van der Waals surface area contributed by atoms with E-state index in [1.54, 1.807) is 19.2 Å². The number of ether oxygens (including phenoxy) is 2. The van der Waals surface area contributed by atoms with Crippen molar-refractivity contribution in [1.29, 1.82) is 0 Å². The van der Waals surface area contributed by atoms with Crippen molar-refractivity contribution < 1.29 is 24.5 Å². The third-order valence-electron chi connectivity index (χ3n) is 6.88. The predicted molar refractivity (Wildman–Crippen MR) is 165 cm³/mol. The van der Waals surface area contributed by atoms with Gasteiger partial charge in [-0.2, -0.15) is 0 Å². The number of aromatic hydroxyl groups is 1. The molecule has 2 N–H and O–H groups in total. The van der Waals surface area contributed by atoms with Crippen molar-refractivity contribution >= 4 is 37.8 Å². The van der Waals surface area contributed by atoms with E-state index in [4.69, 9.17) is 9.47 Å². The van der Waals surface area contributed by atoms with Gasteiger partial charge in [0.2, 0.25) is 0 Å². The molecule has 4 aromatic rings. The van der Waals surface area contributed by atoms with Gasteiger partial charge in [0.15, 0.2) is 5.75 Å². The lowest BCUT2D eigenvalue weighted by atomic mass is 9.82. The Kier molecular flexibility index (Phi) is 9.26. The highest BCUT2D eigenvalue weighted by Gasteiger charge is 2.28.